The molecule has 17 heavy (non-hydrogen) atoms. The van der Waals surface area contributed by atoms with Crippen LogP contribution in [0.15, 0.2) is 0 Å². The van der Waals surface area contributed by atoms with Crippen LogP contribution in [-0.2, 0) is 4.79 Å². The van der Waals surface area contributed by atoms with E-state index in [2.05, 4.69) is 25.7 Å². The lowest BCUT2D eigenvalue weighted by molar-refractivity contribution is -0.133. The summed E-state index contributed by atoms with van der Waals surface area (Å²) in [5, 5.41) is 0. The largest absolute Gasteiger partial charge is 0.339 e. The fourth-order valence-electron chi connectivity index (χ4n) is 2.20. The number of rotatable bonds is 3. The average molecular weight is 241 g/mol. The van der Waals surface area contributed by atoms with Crippen molar-refractivity contribution >= 4 is 5.91 Å². The Morgan fingerprint density at radius 3 is 2.06 bits per heavy atom. The fourth-order valence-corrected chi connectivity index (χ4v) is 2.20. The van der Waals surface area contributed by atoms with Crippen molar-refractivity contribution in [2.24, 2.45) is 5.41 Å². The first-order valence-corrected chi connectivity index (χ1v) is 6.43. The summed E-state index contributed by atoms with van der Waals surface area (Å²) >= 11 is 0. The van der Waals surface area contributed by atoms with E-state index >= 15 is 0 Å². The molecule has 0 atom stereocenters. The zero-order valence-electron chi connectivity index (χ0n) is 12.0. The SMILES string of the molecule is CN(C)CC(=O)N1CCN(CC(C)(C)C)CC1. The number of hydrogen-bond acceptors (Lipinski definition) is 3. The third-order valence-electron chi connectivity index (χ3n) is 2.87. The molecule has 0 saturated carbocycles. The Bertz CT molecular complexity index is 250. The molecule has 4 heteroatoms. The highest BCUT2D eigenvalue weighted by Gasteiger charge is 2.23. The predicted molar refractivity (Wildman–Crippen MR) is 71.0 cm³/mol. The molecule has 0 aromatic carbocycles. The molecular formula is C13H27N3O. The summed E-state index contributed by atoms with van der Waals surface area (Å²) in [5.41, 5.74) is 0.343. The van der Waals surface area contributed by atoms with Gasteiger partial charge in [-0.1, -0.05) is 20.8 Å². The van der Waals surface area contributed by atoms with Crippen molar-refractivity contribution in [3.8, 4) is 0 Å². The number of hydrogen-bond donors (Lipinski definition) is 0. The van der Waals surface area contributed by atoms with E-state index in [0.29, 0.717) is 12.0 Å². The van der Waals surface area contributed by atoms with Gasteiger partial charge in [-0.05, 0) is 19.5 Å². The summed E-state index contributed by atoms with van der Waals surface area (Å²) in [7, 11) is 3.88. The van der Waals surface area contributed by atoms with Crippen LogP contribution in [0.4, 0.5) is 0 Å². The topological polar surface area (TPSA) is 26.8 Å². The van der Waals surface area contributed by atoms with Crippen LogP contribution in [0.25, 0.3) is 0 Å². The Morgan fingerprint density at radius 1 is 1.12 bits per heavy atom. The smallest absolute Gasteiger partial charge is 0.236 e. The monoisotopic (exact) mass is 241 g/mol. The van der Waals surface area contributed by atoms with Crippen LogP contribution >= 0.6 is 0 Å². The van der Waals surface area contributed by atoms with Gasteiger partial charge in [-0.25, -0.2) is 0 Å². The molecule has 1 fully saturated rings. The van der Waals surface area contributed by atoms with Crippen LogP contribution in [0.1, 0.15) is 20.8 Å². The number of carbonyl (C=O) groups is 1. The molecule has 0 spiro atoms. The highest BCUT2D eigenvalue weighted by Crippen LogP contribution is 2.16. The number of likely N-dealkylation sites (N-methyl/N-ethyl adjacent to an activating group) is 1. The van der Waals surface area contributed by atoms with Crippen LogP contribution in [-0.4, -0.2) is 74.0 Å². The maximum Gasteiger partial charge on any atom is 0.236 e. The molecule has 100 valence electrons. The minimum atomic E-state index is 0.255. The van der Waals surface area contributed by atoms with Gasteiger partial charge < -0.3 is 9.80 Å². The summed E-state index contributed by atoms with van der Waals surface area (Å²) in [5.74, 6) is 0.255. The van der Waals surface area contributed by atoms with Crippen molar-refractivity contribution < 1.29 is 4.79 Å². The Kier molecular flexibility index (Phi) is 4.95. The molecule has 0 aromatic heterocycles. The maximum atomic E-state index is 11.9. The van der Waals surface area contributed by atoms with E-state index in [0.717, 1.165) is 32.7 Å². The van der Waals surface area contributed by atoms with Gasteiger partial charge in [-0.3, -0.25) is 9.69 Å². The van der Waals surface area contributed by atoms with Crippen molar-refractivity contribution in [3.63, 3.8) is 0 Å². The summed E-state index contributed by atoms with van der Waals surface area (Å²) in [6, 6.07) is 0. The van der Waals surface area contributed by atoms with Gasteiger partial charge in [-0.15, -0.1) is 0 Å². The van der Waals surface area contributed by atoms with Gasteiger partial charge in [-0.2, -0.15) is 0 Å². The van der Waals surface area contributed by atoms with Crippen molar-refractivity contribution in [1.29, 1.82) is 0 Å². The highest BCUT2D eigenvalue weighted by molar-refractivity contribution is 5.78. The molecule has 1 amide bonds. The van der Waals surface area contributed by atoms with E-state index in [1.165, 1.54) is 0 Å². The fraction of sp³-hybridized carbons (Fsp3) is 0.923. The Labute approximate surface area is 106 Å². The molecular weight excluding hydrogens is 214 g/mol. The van der Waals surface area contributed by atoms with E-state index in [-0.39, 0.29) is 5.91 Å². The molecule has 1 rings (SSSR count). The predicted octanol–water partition coefficient (Wildman–Crippen LogP) is 0.738. The molecule has 1 aliphatic heterocycles. The summed E-state index contributed by atoms with van der Waals surface area (Å²) < 4.78 is 0. The van der Waals surface area contributed by atoms with E-state index < -0.39 is 0 Å². The zero-order chi connectivity index (χ0) is 13.1. The van der Waals surface area contributed by atoms with Gasteiger partial charge in [0.05, 0.1) is 6.54 Å². The van der Waals surface area contributed by atoms with Gasteiger partial charge in [0.2, 0.25) is 5.91 Å². The third kappa shape index (κ3) is 5.50. The van der Waals surface area contributed by atoms with Crippen molar-refractivity contribution in [1.82, 2.24) is 14.7 Å². The molecule has 0 radical (unpaired) electrons. The minimum absolute atomic E-state index is 0.255. The number of carbonyl (C=O) groups excluding carboxylic acids is 1. The molecule has 4 nitrogen and oxygen atoms in total. The second-order valence-electron chi connectivity index (χ2n) is 6.46. The summed E-state index contributed by atoms with van der Waals surface area (Å²) in [4.78, 5) is 18.2. The summed E-state index contributed by atoms with van der Waals surface area (Å²) in [6.45, 7) is 12.2. The van der Waals surface area contributed by atoms with E-state index in [4.69, 9.17) is 0 Å². The van der Waals surface area contributed by atoms with Gasteiger partial charge in [0.25, 0.3) is 0 Å². The molecule has 0 aromatic rings. The Morgan fingerprint density at radius 2 is 1.65 bits per heavy atom. The number of amides is 1. The first-order valence-electron chi connectivity index (χ1n) is 6.43. The average Bonchev–Trinajstić information content (AvgIpc) is 2.15. The lowest BCUT2D eigenvalue weighted by Gasteiger charge is -2.38. The van der Waals surface area contributed by atoms with Crippen molar-refractivity contribution in [2.45, 2.75) is 20.8 Å². The third-order valence-corrected chi connectivity index (χ3v) is 2.87. The van der Waals surface area contributed by atoms with Crippen LogP contribution in [0.3, 0.4) is 0 Å². The molecule has 0 unspecified atom stereocenters. The van der Waals surface area contributed by atoms with Crippen LogP contribution in [0, 0.1) is 5.41 Å². The van der Waals surface area contributed by atoms with Crippen LogP contribution in [0.5, 0.6) is 0 Å². The van der Waals surface area contributed by atoms with Crippen LogP contribution < -0.4 is 0 Å². The Hall–Kier alpha value is -0.610. The van der Waals surface area contributed by atoms with Gasteiger partial charge in [0, 0.05) is 32.7 Å². The highest BCUT2D eigenvalue weighted by atomic mass is 16.2. The molecule has 1 aliphatic rings. The lowest BCUT2D eigenvalue weighted by Crippen LogP contribution is -2.52. The number of piperazine rings is 1. The first-order chi connectivity index (χ1) is 7.78. The molecule has 1 heterocycles. The quantitative estimate of drug-likeness (QED) is 0.729. The zero-order valence-corrected chi connectivity index (χ0v) is 12.0. The minimum Gasteiger partial charge on any atom is -0.339 e. The lowest BCUT2D eigenvalue weighted by atomic mass is 9.96. The number of nitrogens with zero attached hydrogens (tertiary/aromatic N) is 3. The Balaban J connectivity index is 2.33. The van der Waals surface area contributed by atoms with Gasteiger partial charge >= 0.3 is 0 Å². The summed E-state index contributed by atoms with van der Waals surface area (Å²) in [6.07, 6.45) is 0. The van der Waals surface area contributed by atoms with E-state index in [1.54, 1.807) is 0 Å². The van der Waals surface area contributed by atoms with Crippen molar-refractivity contribution in [2.75, 3.05) is 53.4 Å². The van der Waals surface area contributed by atoms with E-state index in [1.807, 2.05) is 23.9 Å². The molecule has 1 saturated heterocycles. The second kappa shape index (κ2) is 5.83. The molecule has 0 aliphatic carbocycles. The van der Waals surface area contributed by atoms with Gasteiger partial charge in [0.15, 0.2) is 0 Å². The van der Waals surface area contributed by atoms with Crippen LogP contribution in [0.2, 0.25) is 0 Å². The second-order valence-corrected chi connectivity index (χ2v) is 6.46. The van der Waals surface area contributed by atoms with E-state index in [9.17, 15) is 4.79 Å². The van der Waals surface area contributed by atoms with Crippen molar-refractivity contribution in [3.05, 3.63) is 0 Å². The normalized spacial score (nSPS) is 18.8. The van der Waals surface area contributed by atoms with Gasteiger partial charge in [0.1, 0.15) is 0 Å². The molecule has 0 N–H and O–H groups in total. The first kappa shape index (κ1) is 14.5. The molecule has 0 bridgehead atoms. The standard InChI is InChI=1S/C13H27N3O/c1-13(2,3)11-15-6-8-16(9-7-15)12(17)10-14(4)5/h6-11H2,1-5H3. The maximum absolute atomic E-state index is 11.9.